The maximum absolute atomic E-state index is 12.2. The molecule has 2 aromatic rings. The summed E-state index contributed by atoms with van der Waals surface area (Å²) in [5.41, 5.74) is 3.58. The van der Waals surface area contributed by atoms with Crippen LogP contribution in [0.5, 0.6) is 0 Å². The number of rotatable bonds is 2. The van der Waals surface area contributed by atoms with Gasteiger partial charge in [0.15, 0.2) is 0 Å². The van der Waals surface area contributed by atoms with Gasteiger partial charge in [0.25, 0.3) is 0 Å². The van der Waals surface area contributed by atoms with Gasteiger partial charge >= 0.3 is 0 Å². The Bertz CT molecular complexity index is 622. The Morgan fingerprint density at radius 3 is 2.80 bits per heavy atom. The van der Waals surface area contributed by atoms with Gasteiger partial charge in [-0.05, 0) is 36.1 Å². The molecule has 20 heavy (non-hydrogen) atoms. The molecular formula is C16H17N3O. The number of amides is 1. The summed E-state index contributed by atoms with van der Waals surface area (Å²) in [4.78, 5) is 16.4. The molecule has 2 heterocycles. The third kappa shape index (κ3) is 2.70. The number of nitrogens with zero attached hydrogens (tertiary/aromatic N) is 1. The van der Waals surface area contributed by atoms with Gasteiger partial charge in [0.05, 0.1) is 6.04 Å². The van der Waals surface area contributed by atoms with Gasteiger partial charge in [0.2, 0.25) is 5.91 Å². The molecule has 4 heteroatoms. The normalized spacial score (nSPS) is 17.4. The third-order valence-corrected chi connectivity index (χ3v) is 3.56. The molecule has 0 saturated heterocycles. The molecule has 1 aromatic heterocycles. The van der Waals surface area contributed by atoms with E-state index in [9.17, 15) is 4.79 Å². The number of nitrogens with one attached hydrogen (secondary N) is 2. The number of pyridine rings is 1. The van der Waals surface area contributed by atoms with E-state index in [2.05, 4.69) is 27.8 Å². The van der Waals surface area contributed by atoms with Gasteiger partial charge in [-0.2, -0.15) is 0 Å². The minimum atomic E-state index is -0.201. The van der Waals surface area contributed by atoms with Gasteiger partial charge in [-0.25, -0.2) is 4.98 Å². The highest BCUT2D eigenvalue weighted by molar-refractivity contribution is 5.94. The topological polar surface area (TPSA) is 54.0 Å². The SMILES string of the molecule is Cc1ccc(NC(=O)[C@H]2Cc3ccccc3CN2)nc1. The molecule has 0 radical (unpaired) electrons. The second kappa shape index (κ2) is 5.43. The molecule has 102 valence electrons. The Morgan fingerprint density at radius 1 is 1.25 bits per heavy atom. The Labute approximate surface area is 118 Å². The van der Waals surface area contributed by atoms with E-state index >= 15 is 0 Å². The monoisotopic (exact) mass is 267 g/mol. The van der Waals surface area contributed by atoms with Crippen LogP contribution >= 0.6 is 0 Å². The van der Waals surface area contributed by atoms with Crippen molar-refractivity contribution < 1.29 is 4.79 Å². The number of anilines is 1. The van der Waals surface area contributed by atoms with Crippen molar-refractivity contribution in [3.63, 3.8) is 0 Å². The van der Waals surface area contributed by atoms with Crippen molar-refractivity contribution in [3.05, 3.63) is 59.3 Å². The lowest BCUT2D eigenvalue weighted by atomic mass is 9.95. The van der Waals surface area contributed by atoms with Crippen molar-refractivity contribution in [2.75, 3.05) is 5.32 Å². The van der Waals surface area contributed by atoms with E-state index in [-0.39, 0.29) is 11.9 Å². The number of hydrogen-bond acceptors (Lipinski definition) is 3. The van der Waals surface area contributed by atoms with Gasteiger partial charge in [0, 0.05) is 12.7 Å². The van der Waals surface area contributed by atoms with Crippen molar-refractivity contribution in [1.29, 1.82) is 0 Å². The van der Waals surface area contributed by atoms with E-state index in [1.54, 1.807) is 6.20 Å². The van der Waals surface area contributed by atoms with Crippen molar-refractivity contribution in [1.82, 2.24) is 10.3 Å². The molecule has 1 aromatic carbocycles. The average Bonchev–Trinajstić information content (AvgIpc) is 2.49. The van der Waals surface area contributed by atoms with Gasteiger partial charge < -0.3 is 10.6 Å². The van der Waals surface area contributed by atoms with Crippen LogP contribution in [0, 0.1) is 6.92 Å². The van der Waals surface area contributed by atoms with E-state index in [0.29, 0.717) is 12.2 Å². The van der Waals surface area contributed by atoms with E-state index in [0.717, 1.165) is 12.1 Å². The molecule has 0 saturated carbocycles. The maximum Gasteiger partial charge on any atom is 0.243 e. The van der Waals surface area contributed by atoms with Crippen LogP contribution in [0.2, 0.25) is 0 Å². The summed E-state index contributed by atoms with van der Waals surface area (Å²) in [6.45, 7) is 2.70. The first kappa shape index (κ1) is 12.8. The average molecular weight is 267 g/mol. The van der Waals surface area contributed by atoms with E-state index in [4.69, 9.17) is 0 Å². The van der Waals surface area contributed by atoms with E-state index < -0.39 is 0 Å². The van der Waals surface area contributed by atoms with Crippen LogP contribution in [0.1, 0.15) is 16.7 Å². The fourth-order valence-electron chi connectivity index (χ4n) is 2.39. The number of carbonyl (C=O) groups is 1. The standard InChI is InChI=1S/C16H17N3O/c1-11-6-7-15(18-9-11)19-16(20)14-8-12-4-2-3-5-13(12)10-17-14/h2-7,9,14,17H,8,10H2,1H3,(H,18,19,20)/t14-/m1/s1. The molecule has 0 unspecified atom stereocenters. The number of hydrogen-bond donors (Lipinski definition) is 2. The zero-order valence-electron chi connectivity index (χ0n) is 11.4. The minimum Gasteiger partial charge on any atom is -0.309 e. The number of carbonyl (C=O) groups excluding carboxylic acids is 1. The van der Waals surface area contributed by atoms with Crippen molar-refractivity contribution in [2.24, 2.45) is 0 Å². The predicted octanol–water partition coefficient (Wildman–Crippen LogP) is 2.04. The molecule has 3 rings (SSSR count). The molecule has 1 atom stereocenters. The number of aromatic nitrogens is 1. The van der Waals surface area contributed by atoms with Gasteiger partial charge in [0.1, 0.15) is 5.82 Å². The quantitative estimate of drug-likeness (QED) is 0.875. The van der Waals surface area contributed by atoms with Gasteiger partial charge in [-0.3, -0.25) is 4.79 Å². The van der Waals surface area contributed by atoms with E-state index in [1.165, 1.54) is 11.1 Å². The Balaban J connectivity index is 1.68. The highest BCUT2D eigenvalue weighted by atomic mass is 16.2. The van der Waals surface area contributed by atoms with Crippen LogP contribution < -0.4 is 10.6 Å². The summed E-state index contributed by atoms with van der Waals surface area (Å²) in [5.74, 6) is 0.567. The van der Waals surface area contributed by atoms with Crippen LogP contribution in [0.3, 0.4) is 0 Å². The van der Waals surface area contributed by atoms with Gasteiger partial charge in [-0.1, -0.05) is 30.3 Å². The van der Waals surface area contributed by atoms with Crippen LogP contribution in [0.15, 0.2) is 42.6 Å². The fourth-order valence-corrected chi connectivity index (χ4v) is 2.39. The fraction of sp³-hybridized carbons (Fsp3) is 0.250. The molecular weight excluding hydrogens is 250 g/mol. The predicted molar refractivity (Wildman–Crippen MR) is 78.4 cm³/mol. The van der Waals surface area contributed by atoms with Crippen LogP contribution in [-0.4, -0.2) is 16.9 Å². The summed E-state index contributed by atoms with van der Waals surface area (Å²) < 4.78 is 0. The highest BCUT2D eigenvalue weighted by Crippen LogP contribution is 2.17. The van der Waals surface area contributed by atoms with E-state index in [1.807, 2.05) is 31.2 Å². The first-order chi connectivity index (χ1) is 9.72. The first-order valence-electron chi connectivity index (χ1n) is 6.76. The summed E-state index contributed by atoms with van der Waals surface area (Å²) in [6.07, 6.45) is 2.47. The molecule has 0 fully saturated rings. The lowest BCUT2D eigenvalue weighted by molar-refractivity contribution is -0.118. The zero-order valence-corrected chi connectivity index (χ0v) is 11.4. The maximum atomic E-state index is 12.2. The Hall–Kier alpha value is -2.20. The number of fused-ring (bicyclic) bond motifs is 1. The number of benzene rings is 1. The van der Waals surface area contributed by atoms with Crippen molar-refractivity contribution in [3.8, 4) is 0 Å². The summed E-state index contributed by atoms with van der Waals surface area (Å²) in [6, 6.07) is 11.8. The zero-order chi connectivity index (χ0) is 13.9. The molecule has 1 aliphatic rings. The lowest BCUT2D eigenvalue weighted by Crippen LogP contribution is -2.44. The minimum absolute atomic E-state index is 0.0316. The van der Waals surface area contributed by atoms with Crippen LogP contribution in [-0.2, 0) is 17.8 Å². The molecule has 2 N–H and O–H groups in total. The largest absolute Gasteiger partial charge is 0.309 e. The second-order valence-electron chi connectivity index (χ2n) is 5.12. The molecule has 1 aliphatic heterocycles. The molecule has 4 nitrogen and oxygen atoms in total. The van der Waals surface area contributed by atoms with Crippen molar-refractivity contribution >= 4 is 11.7 Å². The molecule has 0 spiro atoms. The highest BCUT2D eigenvalue weighted by Gasteiger charge is 2.23. The molecule has 1 amide bonds. The summed E-state index contributed by atoms with van der Waals surface area (Å²) in [7, 11) is 0. The second-order valence-corrected chi connectivity index (χ2v) is 5.12. The number of aryl methyl sites for hydroxylation is 1. The van der Waals surface area contributed by atoms with Gasteiger partial charge in [-0.15, -0.1) is 0 Å². The van der Waals surface area contributed by atoms with Crippen LogP contribution in [0.25, 0.3) is 0 Å². The smallest absolute Gasteiger partial charge is 0.243 e. The molecule has 0 aliphatic carbocycles. The Morgan fingerprint density at radius 2 is 2.05 bits per heavy atom. The Kier molecular flexibility index (Phi) is 3.48. The lowest BCUT2D eigenvalue weighted by Gasteiger charge is -2.25. The third-order valence-electron chi connectivity index (χ3n) is 3.56. The molecule has 0 bridgehead atoms. The van der Waals surface area contributed by atoms with Crippen LogP contribution in [0.4, 0.5) is 5.82 Å². The summed E-state index contributed by atoms with van der Waals surface area (Å²) in [5, 5.41) is 6.12. The first-order valence-corrected chi connectivity index (χ1v) is 6.76. The van der Waals surface area contributed by atoms with Crippen molar-refractivity contribution in [2.45, 2.75) is 25.9 Å². The summed E-state index contributed by atoms with van der Waals surface area (Å²) >= 11 is 0.